The Morgan fingerprint density at radius 3 is 2.71 bits per heavy atom. The lowest BCUT2D eigenvalue weighted by Crippen LogP contribution is -2.25. The fourth-order valence-electron chi connectivity index (χ4n) is 1.57. The van der Waals surface area contributed by atoms with Gasteiger partial charge >= 0.3 is 0 Å². The molecule has 0 spiro atoms. The van der Waals surface area contributed by atoms with Crippen molar-refractivity contribution in [1.82, 2.24) is 5.32 Å². The summed E-state index contributed by atoms with van der Waals surface area (Å²) in [4.78, 5) is 11.8. The van der Waals surface area contributed by atoms with Gasteiger partial charge in [0.15, 0.2) is 0 Å². The van der Waals surface area contributed by atoms with E-state index in [-0.39, 0.29) is 18.1 Å². The number of amides is 1. The molecule has 0 aromatic heterocycles. The van der Waals surface area contributed by atoms with Crippen molar-refractivity contribution in [3.05, 3.63) is 35.4 Å². The lowest BCUT2D eigenvalue weighted by atomic mass is 10.1. The fraction of sp³-hybridized carbons (Fsp3) is 0.294. The summed E-state index contributed by atoms with van der Waals surface area (Å²) in [5.41, 5.74) is 0.841. The third-order valence-electron chi connectivity index (χ3n) is 2.69. The molecule has 0 atom stereocenters. The molecule has 4 heteroatoms. The maximum Gasteiger partial charge on any atom is 0.261 e. The molecule has 0 bridgehead atoms. The van der Waals surface area contributed by atoms with Gasteiger partial charge in [0.1, 0.15) is 24.0 Å². The Morgan fingerprint density at radius 1 is 1.43 bits per heavy atom. The van der Waals surface area contributed by atoms with Crippen LogP contribution in [0.1, 0.15) is 25.3 Å². The number of benzene rings is 1. The molecule has 1 amide bonds. The van der Waals surface area contributed by atoms with Crippen molar-refractivity contribution in [2.75, 3.05) is 13.2 Å². The van der Waals surface area contributed by atoms with Crippen LogP contribution < -0.4 is 10.1 Å². The molecule has 0 aliphatic heterocycles. The van der Waals surface area contributed by atoms with Crippen molar-refractivity contribution < 1.29 is 9.53 Å². The molecular weight excluding hydrogens is 264 g/mol. The maximum absolute atomic E-state index is 11.8. The molecule has 4 nitrogen and oxygen atoms in total. The topological polar surface area (TPSA) is 62.1 Å². The monoisotopic (exact) mass is 282 g/mol. The summed E-state index contributed by atoms with van der Waals surface area (Å²) in [6.07, 6.45) is 8.54. The van der Waals surface area contributed by atoms with E-state index in [1.807, 2.05) is 13.0 Å². The highest BCUT2D eigenvalue weighted by molar-refractivity contribution is 6.01. The minimum absolute atomic E-state index is 0.0865. The Balaban J connectivity index is 2.72. The van der Waals surface area contributed by atoms with E-state index in [0.717, 1.165) is 18.4 Å². The number of terminal acetylenes is 1. The summed E-state index contributed by atoms with van der Waals surface area (Å²) >= 11 is 0. The normalized spacial score (nSPS) is 10.3. The number of unbranched alkanes of at least 4 members (excludes halogenated alkanes) is 1. The van der Waals surface area contributed by atoms with Gasteiger partial charge in [-0.2, -0.15) is 5.26 Å². The Labute approximate surface area is 125 Å². The minimum Gasteiger partial charge on any atom is -0.481 e. The number of nitrogens with zero attached hydrogens (tertiary/aromatic N) is 1. The molecule has 1 aromatic carbocycles. The first-order valence-corrected chi connectivity index (χ1v) is 6.77. The van der Waals surface area contributed by atoms with E-state index in [1.165, 1.54) is 0 Å². The zero-order valence-electron chi connectivity index (χ0n) is 12.1. The molecule has 21 heavy (non-hydrogen) atoms. The number of ether oxygens (including phenoxy) is 1. The predicted octanol–water partition coefficient (Wildman–Crippen LogP) is 2.52. The molecule has 0 fully saturated rings. The SMILES string of the molecule is C#CCOc1ccc(/C=C(/C#N)C(=O)NCCCC)cc1. The molecule has 1 N–H and O–H groups in total. The van der Waals surface area contributed by atoms with Crippen LogP contribution in [0, 0.1) is 23.7 Å². The van der Waals surface area contributed by atoms with Gasteiger partial charge in [-0.05, 0) is 30.2 Å². The second-order valence-corrected chi connectivity index (χ2v) is 4.34. The van der Waals surface area contributed by atoms with Gasteiger partial charge in [-0.3, -0.25) is 4.79 Å². The van der Waals surface area contributed by atoms with Crippen molar-refractivity contribution in [1.29, 1.82) is 5.26 Å². The first-order valence-electron chi connectivity index (χ1n) is 6.77. The standard InChI is InChI=1S/C17H18N2O2/c1-3-5-10-19-17(20)15(13-18)12-14-6-8-16(9-7-14)21-11-4-2/h2,6-9,12H,3,5,10-11H2,1H3,(H,19,20)/b15-12-. The predicted molar refractivity (Wildman–Crippen MR) is 82.3 cm³/mol. The summed E-state index contributed by atoms with van der Waals surface area (Å²) in [5.74, 6) is 2.68. The zero-order chi connectivity index (χ0) is 15.5. The van der Waals surface area contributed by atoms with E-state index in [9.17, 15) is 4.79 Å². The molecule has 1 aromatic rings. The van der Waals surface area contributed by atoms with Gasteiger partial charge in [0.2, 0.25) is 0 Å². The van der Waals surface area contributed by atoms with Crippen LogP contribution in [0.4, 0.5) is 0 Å². The second kappa shape index (κ2) is 9.23. The van der Waals surface area contributed by atoms with Gasteiger partial charge in [0, 0.05) is 6.54 Å². The summed E-state index contributed by atoms with van der Waals surface area (Å²) in [6, 6.07) is 8.94. The van der Waals surface area contributed by atoms with E-state index in [2.05, 4.69) is 11.2 Å². The first kappa shape index (κ1) is 16.3. The van der Waals surface area contributed by atoms with Gasteiger partial charge in [-0.1, -0.05) is 31.4 Å². The van der Waals surface area contributed by atoms with Crippen molar-refractivity contribution in [2.45, 2.75) is 19.8 Å². The molecule has 108 valence electrons. The van der Waals surface area contributed by atoms with Gasteiger partial charge in [-0.15, -0.1) is 6.42 Å². The van der Waals surface area contributed by atoms with Crippen LogP contribution in [0.2, 0.25) is 0 Å². The number of carbonyl (C=O) groups is 1. The first-order chi connectivity index (χ1) is 10.2. The number of rotatable bonds is 7. The second-order valence-electron chi connectivity index (χ2n) is 4.34. The van der Waals surface area contributed by atoms with E-state index in [0.29, 0.717) is 12.3 Å². The molecule has 0 saturated heterocycles. The summed E-state index contributed by atoms with van der Waals surface area (Å²) < 4.78 is 5.25. The van der Waals surface area contributed by atoms with E-state index in [4.69, 9.17) is 16.4 Å². The molecule has 1 rings (SSSR count). The third kappa shape index (κ3) is 5.84. The summed E-state index contributed by atoms with van der Waals surface area (Å²) in [7, 11) is 0. The quantitative estimate of drug-likeness (QED) is 0.362. The average molecular weight is 282 g/mol. The lowest BCUT2D eigenvalue weighted by molar-refractivity contribution is -0.117. The van der Waals surface area contributed by atoms with Crippen LogP contribution in [-0.4, -0.2) is 19.1 Å². The van der Waals surface area contributed by atoms with Crippen LogP contribution in [0.15, 0.2) is 29.8 Å². The smallest absolute Gasteiger partial charge is 0.261 e. The number of hydrogen-bond donors (Lipinski definition) is 1. The molecule has 0 saturated carbocycles. The Hall–Kier alpha value is -2.72. The highest BCUT2D eigenvalue weighted by Crippen LogP contribution is 2.14. The van der Waals surface area contributed by atoms with Crippen LogP contribution in [-0.2, 0) is 4.79 Å². The van der Waals surface area contributed by atoms with Crippen LogP contribution in [0.3, 0.4) is 0 Å². The van der Waals surface area contributed by atoms with Gasteiger partial charge in [0.25, 0.3) is 5.91 Å². The zero-order valence-corrected chi connectivity index (χ0v) is 12.1. The highest BCUT2D eigenvalue weighted by atomic mass is 16.5. The van der Waals surface area contributed by atoms with Gasteiger partial charge in [0.05, 0.1) is 0 Å². The molecule has 0 radical (unpaired) electrons. The van der Waals surface area contributed by atoms with Gasteiger partial charge in [-0.25, -0.2) is 0 Å². The van der Waals surface area contributed by atoms with Crippen molar-refractivity contribution in [2.24, 2.45) is 0 Å². The van der Waals surface area contributed by atoms with Crippen LogP contribution in [0.5, 0.6) is 5.75 Å². The fourth-order valence-corrected chi connectivity index (χ4v) is 1.57. The van der Waals surface area contributed by atoms with E-state index >= 15 is 0 Å². The van der Waals surface area contributed by atoms with Crippen LogP contribution >= 0.6 is 0 Å². The Kier molecular flexibility index (Phi) is 7.18. The lowest BCUT2D eigenvalue weighted by Gasteiger charge is -2.04. The average Bonchev–Trinajstić information content (AvgIpc) is 2.51. The van der Waals surface area contributed by atoms with E-state index in [1.54, 1.807) is 30.3 Å². The molecule has 0 heterocycles. The van der Waals surface area contributed by atoms with Crippen molar-refractivity contribution in [3.63, 3.8) is 0 Å². The number of nitrogens with one attached hydrogen (secondary N) is 1. The maximum atomic E-state index is 11.8. The van der Waals surface area contributed by atoms with Crippen molar-refractivity contribution in [3.8, 4) is 24.2 Å². The number of nitriles is 1. The largest absolute Gasteiger partial charge is 0.481 e. The minimum atomic E-state index is -0.349. The Morgan fingerprint density at radius 2 is 2.14 bits per heavy atom. The molecule has 0 aliphatic carbocycles. The number of hydrogen-bond acceptors (Lipinski definition) is 3. The molecular formula is C17H18N2O2. The summed E-state index contributed by atoms with van der Waals surface area (Å²) in [6.45, 7) is 2.82. The highest BCUT2D eigenvalue weighted by Gasteiger charge is 2.07. The summed E-state index contributed by atoms with van der Waals surface area (Å²) in [5, 5.41) is 11.8. The van der Waals surface area contributed by atoms with Gasteiger partial charge < -0.3 is 10.1 Å². The van der Waals surface area contributed by atoms with Crippen molar-refractivity contribution >= 4 is 12.0 Å². The molecule has 0 unspecified atom stereocenters. The van der Waals surface area contributed by atoms with Crippen LogP contribution in [0.25, 0.3) is 6.08 Å². The molecule has 0 aliphatic rings. The third-order valence-corrected chi connectivity index (χ3v) is 2.69. The number of carbonyl (C=O) groups excluding carboxylic acids is 1. The Bertz CT molecular complexity index is 574. The van der Waals surface area contributed by atoms with E-state index < -0.39 is 0 Å².